The minimum atomic E-state index is -0.210. The van der Waals surface area contributed by atoms with Gasteiger partial charge in [0.05, 0.1) is 16.9 Å². The van der Waals surface area contributed by atoms with Gasteiger partial charge in [-0.1, -0.05) is 49.4 Å². The lowest BCUT2D eigenvalue weighted by atomic mass is 9.72. The highest BCUT2D eigenvalue weighted by molar-refractivity contribution is 5.68. The molecule has 0 radical (unpaired) electrons. The molecular formula is C26H29N3O2. The van der Waals surface area contributed by atoms with Crippen LogP contribution < -0.4 is 5.32 Å². The zero-order valence-electron chi connectivity index (χ0n) is 18.0. The van der Waals surface area contributed by atoms with Crippen LogP contribution in [0.5, 0.6) is 0 Å². The molecule has 1 atom stereocenters. The summed E-state index contributed by atoms with van der Waals surface area (Å²) in [6.07, 6.45) is 4.85. The van der Waals surface area contributed by atoms with Crippen molar-refractivity contribution in [3.8, 4) is 5.69 Å². The van der Waals surface area contributed by atoms with Gasteiger partial charge in [0, 0.05) is 25.0 Å². The number of nitrogens with one attached hydrogen (secondary N) is 1. The molecule has 2 aliphatic rings. The minimum absolute atomic E-state index is 0.127. The first-order valence-corrected chi connectivity index (χ1v) is 11.2. The maximum Gasteiger partial charge on any atom is 0.410 e. The number of amides is 1. The molecule has 1 amide bonds. The summed E-state index contributed by atoms with van der Waals surface area (Å²) in [5, 5.41) is 3.91. The Balaban J connectivity index is 1.29. The predicted octanol–water partition coefficient (Wildman–Crippen LogP) is 5.56. The second kappa shape index (κ2) is 8.14. The smallest absolute Gasteiger partial charge is 0.410 e. The Labute approximate surface area is 183 Å². The molecule has 5 heteroatoms. The Bertz CT molecular complexity index is 1050. The van der Waals surface area contributed by atoms with Crippen LogP contribution in [-0.2, 0) is 16.9 Å². The third kappa shape index (κ3) is 3.48. The molecule has 1 saturated heterocycles. The van der Waals surface area contributed by atoms with Gasteiger partial charge in [0.1, 0.15) is 6.61 Å². The van der Waals surface area contributed by atoms with Crippen molar-refractivity contribution in [1.82, 2.24) is 9.47 Å². The number of para-hydroxylation sites is 2. The second-order valence-electron chi connectivity index (χ2n) is 8.53. The maximum atomic E-state index is 12.6. The Kier molecular flexibility index (Phi) is 5.18. The largest absolute Gasteiger partial charge is 0.445 e. The van der Waals surface area contributed by atoms with Crippen LogP contribution in [0.15, 0.2) is 72.9 Å². The van der Waals surface area contributed by atoms with E-state index in [1.165, 1.54) is 17.1 Å². The lowest BCUT2D eigenvalue weighted by Gasteiger charge is -2.48. The van der Waals surface area contributed by atoms with Gasteiger partial charge in [0.15, 0.2) is 0 Å². The first-order chi connectivity index (χ1) is 15.2. The van der Waals surface area contributed by atoms with Crippen LogP contribution >= 0.6 is 0 Å². The quantitative estimate of drug-likeness (QED) is 0.607. The Morgan fingerprint density at radius 2 is 1.77 bits per heavy atom. The van der Waals surface area contributed by atoms with E-state index in [2.05, 4.69) is 59.4 Å². The summed E-state index contributed by atoms with van der Waals surface area (Å²) in [5.41, 5.74) is 4.59. The van der Waals surface area contributed by atoms with E-state index in [0.717, 1.165) is 37.9 Å². The van der Waals surface area contributed by atoms with Crippen LogP contribution in [0, 0.1) is 5.92 Å². The number of likely N-dealkylation sites (tertiary alicyclic amines) is 1. The summed E-state index contributed by atoms with van der Waals surface area (Å²) < 4.78 is 7.89. The molecule has 1 aromatic heterocycles. The van der Waals surface area contributed by atoms with Gasteiger partial charge in [-0.2, -0.15) is 0 Å². The van der Waals surface area contributed by atoms with Crippen LogP contribution in [0.4, 0.5) is 10.5 Å². The van der Waals surface area contributed by atoms with Crippen molar-refractivity contribution in [3.63, 3.8) is 0 Å². The molecule has 2 aromatic carbocycles. The maximum absolute atomic E-state index is 12.6. The van der Waals surface area contributed by atoms with Gasteiger partial charge in [-0.05, 0) is 55.0 Å². The highest BCUT2D eigenvalue weighted by Gasteiger charge is 2.45. The highest BCUT2D eigenvalue weighted by atomic mass is 16.6. The summed E-state index contributed by atoms with van der Waals surface area (Å²) in [4.78, 5) is 14.5. The van der Waals surface area contributed by atoms with Crippen LogP contribution in [-0.4, -0.2) is 28.6 Å². The molecule has 3 aromatic rings. The first kappa shape index (κ1) is 19.7. The van der Waals surface area contributed by atoms with E-state index in [1.54, 1.807) is 0 Å². The molecule has 0 saturated carbocycles. The van der Waals surface area contributed by atoms with Gasteiger partial charge in [-0.25, -0.2) is 4.79 Å². The molecule has 1 unspecified atom stereocenters. The lowest BCUT2D eigenvalue weighted by molar-refractivity contribution is 0.0721. The van der Waals surface area contributed by atoms with E-state index in [4.69, 9.17) is 4.74 Å². The van der Waals surface area contributed by atoms with Crippen LogP contribution in [0.25, 0.3) is 5.69 Å². The number of fused-ring (bicyclic) bond motifs is 3. The topological polar surface area (TPSA) is 46.5 Å². The van der Waals surface area contributed by atoms with Gasteiger partial charge in [-0.3, -0.25) is 0 Å². The average Bonchev–Trinajstić information content (AvgIpc) is 3.34. The number of hydrogen-bond acceptors (Lipinski definition) is 3. The van der Waals surface area contributed by atoms with Crippen molar-refractivity contribution < 1.29 is 9.53 Å². The van der Waals surface area contributed by atoms with E-state index in [9.17, 15) is 4.79 Å². The number of piperidine rings is 1. The van der Waals surface area contributed by atoms with E-state index < -0.39 is 0 Å². The number of ether oxygens (including phenoxy) is 1. The molecular weight excluding hydrogens is 386 g/mol. The number of aromatic nitrogens is 1. The van der Waals surface area contributed by atoms with E-state index >= 15 is 0 Å². The van der Waals surface area contributed by atoms with Crippen molar-refractivity contribution in [2.45, 2.75) is 38.3 Å². The normalized spacial score (nSPS) is 20.5. The van der Waals surface area contributed by atoms with Gasteiger partial charge < -0.3 is 19.5 Å². The molecule has 0 aliphatic carbocycles. The minimum Gasteiger partial charge on any atom is -0.445 e. The molecule has 31 heavy (non-hydrogen) atoms. The molecule has 160 valence electrons. The second-order valence-corrected chi connectivity index (χ2v) is 8.53. The fourth-order valence-corrected chi connectivity index (χ4v) is 5.28. The molecule has 2 aliphatic heterocycles. The molecule has 3 heterocycles. The van der Waals surface area contributed by atoms with Crippen LogP contribution in [0.1, 0.15) is 37.4 Å². The number of nitrogens with zero attached hydrogens (tertiary/aromatic N) is 2. The van der Waals surface area contributed by atoms with Crippen molar-refractivity contribution in [2.75, 3.05) is 18.4 Å². The highest BCUT2D eigenvalue weighted by Crippen LogP contribution is 2.47. The van der Waals surface area contributed by atoms with Gasteiger partial charge in [0.25, 0.3) is 0 Å². The Hall–Kier alpha value is -3.21. The molecule has 5 rings (SSSR count). The van der Waals surface area contributed by atoms with E-state index in [0.29, 0.717) is 12.5 Å². The Morgan fingerprint density at radius 3 is 2.55 bits per heavy atom. The third-order valence-electron chi connectivity index (χ3n) is 6.94. The van der Waals surface area contributed by atoms with Crippen molar-refractivity contribution >= 4 is 11.8 Å². The molecule has 1 N–H and O–H groups in total. The zero-order valence-corrected chi connectivity index (χ0v) is 18.0. The van der Waals surface area contributed by atoms with Crippen molar-refractivity contribution in [1.29, 1.82) is 0 Å². The zero-order chi connectivity index (χ0) is 21.3. The SMILES string of the molecule is CCC1(C2CCN(C(=O)OCc3ccccc3)CC2)Nc2ccccc2-n2cccc21. The van der Waals surface area contributed by atoms with Crippen LogP contribution in [0.3, 0.4) is 0 Å². The Morgan fingerprint density at radius 1 is 1.03 bits per heavy atom. The number of anilines is 1. The predicted molar refractivity (Wildman–Crippen MR) is 122 cm³/mol. The molecule has 5 nitrogen and oxygen atoms in total. The average molecular weight is 416 g/mol. The summed E-state index contributed by atoms with van der Waals surface area (Å²) in [6, 6.07) is 22.7. The number of carbonyl (C=O) groups is 1. The number of hydrogen-bond donors (Lipinski definition) is 1. The van der Waals surface area contributed by atoms with Gasteiger partial charge in [0.2, 0.25) is 0 Å². The molecule has 0 bridgehead atoms. The number of rotatable bonds is 4. The molecule has 0 spiro atoms. The molecule has 1 fully saturated rings. The third-order valence-corrected chi connectivity index (χ3v) is 6.94. The summed E-state index contributed by atoms with van der Waals surface area (Å²) in [7, 11) is 0. The summed E-state index contributed by atoms with van der Waals surface area (Å²) >= 11 is 0. The summed E-state index contributed by atoms with van der Waals surface area (Å²) in [6.45, 7) is 4.04. The monoisotopic (exact) mass is 415 g/mol. The van der Waals surface area contributed by atoms with Crippen LogP contribution in [0.2, 0.25) is 0 Å². The standard InChI is InChI=1S/C26H29N3O2/c1-2-26(24-13-8-16-29(24)23-12-7-6-11-22(23)27-26)21-14-17-28(18-15-21)25(30)31-19-20-9-4-3-5-10-20/h3-13,16,21,27H,2,14-15,17-19H2,1H3. The van der Waals surface area contributed by atoms with E-state index in [-0.39, 0.29) is 11.6 Å². The van der Waals surface area contributed by atoms with Gasteiger partial charge >= 0.3 is 6.09 Å². The van der Waals surface area contributed by atoms with E-state index in [1.807, 2.05) is 35.2 Å². The van der Waals surface area contributed by atoms with Crippen molar-refractivity contribution in [3.05, 3.63) is 84.2 Å². The van der Waals surface area contributed by atoms with Gasteiger partial charge in [-0.15, -0.1) is 0 Å². The number of benzene rings is 2. The summed E-state index contributed by atoms with van der Waals surface area (Å²) in [5.74, 6) is 0.442. The number of carbonyl (C=O) groups excluding carboxylic acids is 1. The first-order valence-electron chi connectivity index (χ1n) is 11.2. The fraction of sp³-hybridized carbons (Fsp3) is 0.346. The fourth-order valence-electron chi connectivity index (χ4n) is 5.28. The lowest BCUT2D eigenvalue weighted by Crippen LogP contribution is -2.51. The van der Waals surface area contributed by atoms with Crippen molar-refractivity contribution in [2.24, 2.45) is 5.92 Å².